The molecule has 1 saturated heterocycles. The zero-order valence-corrected chi connectivity index (χ0v) is 16.3. The summed E-state index contributed by atoms with van der Waals surface area (Å²) in [6.07, 6.45) is 3.49. The number of hydrogen-bond donors (Lipinski definition) is 2. The zero-order valence-electron chi connectivity index (χ0n) is 16.3. The van der Waals surface area contributed by atoms with Crippen LogP contribution in [0.5, 0.6) is 0 Å². The van der Waals surface area contributed by atoms with Crippen LogP contribution in [0.3, 0.4) is 0 Å². The molecule has 0 radical (unpaired) electrons. The van der Waals surface area contributed by atoms with Gasteiger partial charge in [-0.05, 0) is 38.3 Å². The monoisotopic (exact) mass is 375 g/mol. The predicted molar refractivity (Wildman–Crippen MR) is 105 cm³/mol. The van der Waals surface area contributed by atoms with Crippen molar-refractivity contribution in [2.75, 3.05) is 38.6 Å². The fraction of sp³-hybridized carbons (Fsp3) is 0.579. The number of esters is 1. The van der Waals surface area contributed by atoms with Gasteiger partial charge in [0.05, 0.1) is 19.6 Å². The Hall–Kier alpha value is -2.64. The van der Waals surface area contributed by atoms with E-state index in [2.05, 4.69) is 25.5 Å². The average Bonchev–Trinajstić information content (AvgIpc) is 2.68. The minimum atomic E-state index is -0.141. The number of carbonyl (C=O) groups excluding carboxylic acids is 2. The van der Waals surface area contributed by atoms with Crippen LogP contribution in [0.25, 0.3) is 0 Å². The number of piperidine rings is 1. The molecule has 0 atom stereocenters. The summed E-state index contributed by atoms with van der Waals surface area (Å²) in [5, 5.41) is 6.03. The smallest absolute Gasteiger partial charge is 0.308 e. The van der Waals surface area contributed by atoms with E-state index in [0.29, 0.717) is 12.4 Å². The van der Waals surface area contributed by atoms with Crippen LogP contribution in [0.15, 0.2) is 23.3 Å². The number of hydrogen-bond acceptors (Lipinski definition) is 5. The second-order valence-corrected chi connectivity index (χ2v) is 6.54. The van der Waals surface area contributed by atoms with Crippen LogP contribution in [0.1, 0.15) is 31.7 Å². The van der Waals surface area contributed by atoms with Crippen LogP contribution in [0, 0.1) is 12.8 Å². The molecule has 8 nitrogen and oxygen atoms in total. The molecule has 0 aromatic carbocycles. The Labute approximate surface area is 160 Å². The number of amides is 1. The Bertz CT molecular complexity index is 652. The van der Waals surface area contributed by atoms with Crippen molar-refractivity contribution in [2.45, 2.75) is 33.1 Å². The fourth-order valence-electron chi connectivity index (χ4n) is 2.93. The number of guanidine groups is 1. The summed E-state index contributed by atoms with van der Waals surface area (Å²) in [6, 6.07) is 3.69. The van der Waals surface area contributed by atoms with Gasteiger partial charge >= 0.3 is 5.97 Å². The van der Waals surface area contributed by atoms with Gasteiger partial charge in [-0.2, -0.15) is 0 Å². The van der Waals surface area contributed by atoms with Crippen molar-refractivity contribution in [1.82, 2.24) is 15.2 Å². The first-order chi connectivity index (χ1) is 13.0. The first kappa shape index (κ1) is 20.7. The van der Waals surface area contributed by atoms with E-state index in [1.807, 2.05) is 19.9 Å². The van der Waals surface area contributed by atoms with Gasteiger partial charge < -0.3 is 20.3 Å². The lowest BCUT2D eigenvalue weighted by atomic mass is 9.97. The van der Waals surface area contributed by atoms with Gasteiger partial charge in [0.2, 0.25) is 5.91 Å². The van der Waals surface area contributed by atoms with E-state index in [4.69, 9.17) is 4.74 Å². The summed E-state index contributed by atoms with van der Waals surface area (Å²) in [5.74, 6) is 1.03. The molecule has 2 heterocycles. The molecule has 1 aliphatic heterocycles. The van der Waals surface area contributed by atoms with Gasteiger partial charge in [0.25, 0.3) is 0 Å². The van der Waals surface area contributed by atoms with Crippen molar-refractivity contribution in [3.8, 4) is 0 Å². The number of carbonyl (C=O) groups is 2. The fourth-order valence-corrected chi connectivity index (χ4v) is 2.93. The third-order valence-electron chi connectivity index (χ3n) is 4.44. The molecule has 0 saturated carbocycles. The Morgan fingerprint density at radius 3 is 2.67 bits per heavy atom. The van der Waals surface area contributed by atoms with Gasteiger partial charge in [-0.25, -0.2) is 4.98 Å². The first-order valence-electron chi connectivity index (χ1n) is 9.37. The Morgan fingerprint density at radius 1 is 1.33 bits per heavy atom. The minimum absolute atomic E-state index is 0.0399. The van der Waals surface area contributed by atoms with Crippen LogP contribution >= 0.6 is 0 Å². The number of aromatic nitrogens is 1. The molecule has 0 bridgehead atoms. The Morgan fingerprint density at radius 2 is 2.07 bits per heavy atom. The third-order valence-corrected chi connectivity index (χ3v) is 4.44. The molecule has 148 valence electrons. The minimum Gasteiger partial charge on any atom is -0.469 e. The van der Waals surface area contributed by atoms with E-state index in [1.54, 1.807) is 12.3 Å². The molecular weight excluding hydrogens is 346 g/mol. The van der Waals surface area contributed by atoms with E-state index in [1.165, 1.54) is 7.11 Å². The summed E-state index contributed by atoms with van der Waals surface area (Å²) in [5.41, 5.74) is 1.05. The lowest BCUT2D eigenvalue weighted by Crippen LogP contribution is -2.46. The molecule has 2 rings (SSSR count). The topological polar surface area (TPSA) is 95.9 Å². The van der Waals surface area contributed by atoms with Crippen LogP contribution in [-0.4, -0.2) is 61.0 Å². The Balaban J connectivity index is 1.83. The lowest BCUT2D eigenvalue weighted by Gasteiger charge is -2.33. The molecular formula is C19H29N5O3. The van der Waals surface area contributed by atoms with E-state index < -0.39 is 0 Å². The SMILES string of the molecule is CCNC(=NCCC(=O)Nc1ccc(C)cn1)N1CCC(C(=O)OC)CC1. The number of nitrogens with one attached hydrogen (secondary N) is 2. The predicted octanol–water partition coefficient (Wildman–Crippen LogP) is 1.57. The number of nitrogens with zero attached hydrogens (tertiary/aromatic N) is 3. The quantitative estimate of drug-likeness (QED) is 0.445. The maximum absolute atomic E-state index is 12.1. The van der Waals surface area contributed by atoms with Crippen molar-refractivity contribution in [3.05, 3.63) is 23.9 Å². The van der Waals surface area contributed by atoms with Gasteiger partial charge in [0.1, 0.15) is 5.82 Å². The number of pyridine rings is 1. The molecule has 0 spiro atoms. The third kappa shape index (κ3) is 6.54. The van der Waals surface area contributed by atoms with E-state index in [-0.39, 0.29) is 24.2 Å². The maximum atomic E-state index is 12.1. The van der Waals surface area contributed by atoms with Gasteiger partial charge in [0.15, 0.2) is 5.96 Å². The number of anilines is 1. The molecule has 1 aromatic rings. The lowest BCUT2D eigenvalue weighted by molar-refractivity contribution is -0.146. The Kier molecular flexibility index (Phi) is 8.03. The number of ether oxygens (including phenoxy) is 1. The number of likely N-dealkylation sites (tertiary alicyclic amines) is 1. The van der Waals surface area contributed by atoms with Gasteiger partial charge in [0, 0.05) is 32.3 Å². The summed E-state index contributed by atoms with van der Waals surface area (Å²) in [4.78, 5) is 34.6. The summed E-state index contributed by atoms with van der Waals surface area (Å²) in [7, 11) is 1.43. The van der Waals surface area contributed by atoms with Crippen LogP contribution in [-0.2, 0) is 14.3 Å². The standard InChI is InChI=1S/C19H29N5O3/c1-4-20-19(24-11-8-15(9-12-24)18(26)27-3)21-10-7-17(25)23-16-6-5-14(2)13-22-16/h5-6,13,15H,4,7-12H2,1-3H3,(H,20,21)(H,22,23,25). The number of aryl methyl sites for hydroxylation is 1. The number of methoxy groups -OCH3 is 1. The molecule has 27 heavy (non-hydrogen) atoms. The van der Waals surface area contributed by atoms with E-state index in [9.17, 15) is 9.59 Å². The van der Waals surface area contributed by atoms with Crippen LogP contribution in [0.4, 0.5) is 5.82 Å². The molecule has 0 unspecified atom stereocenters. The highest BCUT2D eigenvalue weighted by Gasteiger charge is 2.26. The molecule has 1 aromatic heterocycles. The van der Waals surface area contributed by atoms with Crippen molar-refractivity contribution >= 4 is 23.7 Å². The number of aliphatic imine (C=N–C) groups is 1. The molecule has 0 aliphatic carbocycles. The normalized spacial score (nSPS) is 15.4. The van der Waals surface area contributed by atoms with Gasteiger partial charge in [-0.15, -0.1) is 0 Å². The van der Waals surface area contributed by atoms with E-state index in [0.717, 1.165) is 44.0 Å². The maximum Gasteiger partial charge on any atom is 0.308 e. The van der Waals surface area contributed by atoms with Crippen molar-refractivity contribution in [3.63, 3.8) is 0 Å². The van der Waals surface area contributed by atoms with Crippen molar-refractivity contribution in [2.24, 2.45) is 10.9 Å². The van der Waals surface area contributed by atoms with Gasteiger partial charge in [-0.3, -0.25) is 14.6 Å². The highest BCUT2D eigenvalue weighted by molar-refractivity contribution is 5.90. The molecule has 1 fully saturated rings. The molecule has 1 aliphatic rings. The van der Waals surface area contributed by atoms with E-state index >= 15 is 0 Å². The van der Waals surface area contributed by atoms with Crippen LogP contribution in [0.2, 0.25) is 0 Å². The number of rotatable bonds is 6. The second kappa shape index (κ2) is 10.5. The van der Waals surface area contributed by atoms with Crippen molar-refractivity contribution in [1.29, 1.82) is 0 Å². The molecule has 8 heteroatoms. The van der Waals surface area contributed by atoms with Crippen LogP contribution < -0.4 is 10.6 Å². The summed E-state index contributed by atoms with van der Waals surface area (Å²) >= 11 is 0. The highest BCUT2D eigenvalue weighted by Crippen LogP contribution is 2.18. The summed E-state index contributed by atoms with van der Waals surface area (Å²) in [6.45, 7) is 6.57. The highest BCUT2D eigenvalue weighted by atomic mass is 16.5. The largest absolute Gasteiger partial charge is 0.469 e. The first-order valence-corrected chi connectivity index (χ1v) is 9.37. The van der Waals surface area contributed by atoms with Gasteiger partial charge in [-0.1, -0.05) is 6.07 Å². The second-order valence-electron chi connectivity index (χ2n) is 6.54. The summed E-state index contributed by atoms with van der Waals surface area (Å²) < 4.78 is 4.83. The molecule has 2 N–H and O–H groups in total. The average molecular weight is 375 g/mol. The zero-order chi connectivity index (χ0) is 19.6. The van der Waals surface area contributed by atoms with Crippen molar-refractivity contribution < 1.29 is 14.3 Å². The molecule has 1 amide bonds.